The summed E-state index contributed by atoms with van der Waals surface area (Å²) >= 11 is 0. The normalized spacial score (nSPS) is 15.9. The molecule has 1 aliphatic heterocycles. The number of aromatic nitrogens is 2. The Labute approximate surface area is 221 Å². The number of rotatable bonds is 5. The number of benzene rings is 2. The number of pyridine rings is 1. The Hall–Kier alpha value is -3.48. The van der Waals surface area contributed by atoms with Crippen molar-refractivity contribution in [1.82, 2.24) is 9.55 Å². The Kier molecular flexibility index (Phi) is 6.12. The molecule has 3 aromatic heterocycles. The van der Waals surface area contributed by atoms with Crippen LogP contribution in [0.2, 0.25) is 0 Å². The van der Waals surface area contributed by atoms with Gasteiger partial charge in [-0.2, -0.15) is 0 Å². The summed E-state index contributed by atoms with van der Waals surface area (Å²) in [6.45, 7) is 8.87. The summed E-state index contributed by atoms with van der Waals surface area (Å²) in [4.78, 5) is 4.96. The van der Waals surface area contributed by atoms with E-state index in [-0.39, 0.29) is 17.8 Å². The average molecular weight is 513 g/mol. The van der Waals surface area contributed by atoms with Gasteiger partial charge in [-0.05, 0) is 75.8 Å². The highest BCUT2D eigenvalue weighted by atomic mass is 19.1. The number of furan rings is 1. The molecule has 1 unspecified atom stereocenters. The van der Waals surface area contributed by atoms with E-state index in [1.165, 1.54) is 0 Å². The van der Waals surface area contributed by atoms with Gasteiger partial charge in [-0.15, -0.1) is 0 Å². The molecule has 6 rings (SSSR count). The van der Waals surface area contributed by atoms with Gasteiger partial charge in [0.05, 0.1) is 34.5 Å². The van der Waals surface area contributed by atoms with Crippen molar-refractivity contribution in [3.63, 3.8) is 0 Å². The smallest absolute Gasteiger partial charge is 0.128 e. The van der Waals surface area contributed by atoms with Crippen LogP contribution >= 0.6 is 0 Å². The van der Waals surface area contributed by atoms with Crippen LogP contribution in [0.4, 0.5) is 4.39 Å². The SMILES string of the molecule is Cc1coc(C)c1-c1cnc2c3ccc(C(C)(C)O)cc3n(C(c3ccccc3F)C3CCOCC3)c2c1. The second kappa shape index (κ2) is 9.37. The van der Waals surface area contributed by atoms with Crippen LogP contribution < -0.4 is 0 Å². The molecule has 1 aliphatic rings. The standard InChI is InChI=1S/C32H33FN2O3/c1-19-18-38-20(2)29(19)22-15-28-30(34-17-22)25-10-9-23(32(3,4)36)16-27(25)35(28)31(21-11-13-37-14-12-21)24-7-5-6-8-26(24)33/h5-10,15-18,21,31,36H,11-14H2,1-4H3. The minimum atomic E-state index is -1.02. The molecule has 1 saturated heterocycles. The molecular formula is C32H33FN2O3. The van der Waals surface area contributed by atoms with E-state index in [4.69, 9.17) is 14.1 Å². The lowest BCUT2D eigenvalue weighted by Gasteiger charge is -2.33. The molecule has 1 atom stereocenters. The van der Waals surface area contributed by atoms with Gasteiger partial charge in [0.25, 0.3) is 0 Å². The lowest BCUT2D eigenvalue weighted by Crippen LogP contribution is -2.27. The van der Waals surface area contributed by atoms with Crippen LogP contribution in [0.15, 0.2) is 65.4 Å². The molecule has 196 valence electrons. The highest BCUT2D eigenvalue weighted by Crippen LogP contribution is 2.43. The lowest BCUT2D eigenvalue weighted by atomic mass is 9.86. The van der Waals surface area contributed by atoms with Crippen molar-refractivity contribution in [2.24, 2.45) is 5.92 Å². The molecule has 0 spiro atoms. The molecule has 0 bridgehead atoms. The summed E-state index contributed by atoms with van der Waals surface area (Å²) < 4.78 is 29.2. The first-order chi connectivity index (χ1) is 18.2. The highest BCUT2D eigenvalue weighted by molar-refractivity contribution is 6.07. The molecule has 0 amide bonds. The topological polar surface area (TPSA) is 60.4 Å². The molecule has 0 aliphatic carbocycles. The van der Waals surface area contributed by atoms with Crippen molar-refractivity contribution in [2.45, 2.75) is 52.2 Å². The molecule has 4 heterocycles. The maximum atomic E-state index is 15.6. The maximum absolute atomic E-state index is 15.6. The minimum absolute atomic E-state index is 0.172. The number of halogens is 1. The molecule has 2 aromatic carbocycles. The van der Waals surface area contributed by atoms with Crippen molar-refractivity contribution in [3.8, 4) is 11.1 Å². The van der Waals surface area contributed by atoms with Gasteiger partial charge in [-0.25, -0.2) is 4.39 Å². The zero-order chi connectivity index (χ0) is 26.6. The summed E-state index contributed by atoms with van der Waals surface area (Å²) in [5.41, 5.74) is 6.21. The van der Waals surface area contributed by atoms with Gasteiger partial charge in [0, 0.05) is 41.5 Å². The largest absolute Gasteiger partial charge is 0.469 e. The summed E-state index contributed by atoms with van der Waals surface area (Å²) in [7, 11) is 0. The molecular weight excluding hydrogens is 479 g/mol. The Morgan fingerprint density at radius 1 is 1.05 bits per heavy atom. The van der Waals surface area contributed by atoms with Crippen LogP contribution in [0.25, 0.3) is 33.1 Å². The zero-order valence-corrected chi connectivity index (χ0v) is 22.3. The number of ether oxygens (including phenoxy) is 1. The summed E-state index contributed by atoms with van der Waals surface area (Å²) in [5, 5.41) is 11.9. The third-order valence-corrected chi connectivity index (χ3v) is 8.01. The molecule has 1 fully saturated rings. The van der Waals surface area contributed by atoms with Crippen molar-refractivity contribution in [2.75, 3.05) is 13.2 Å². The van der Waals surface area contributed by atoms with Gasteiger partial charge in [-0.1, -0.05) is 30.3 Å². The maximum Gasteiger partial charge on any atom is 0.128 e. The van der Waals surface area contributed by atoms with E-state index in [0.717, 1.165) is 62.8 Å². The fraction of sp³-hybridized carbons (Fsp3) is 0.344. The minimum Gasteiger partial charge on any atom is -0.469 e. The van der Waals surface area contributed by atoms with E-state index < -0.39 is 5.60 Å². The van der Waals surface area contributed by atoms with E-state index in [1.54, 1.807) is 32.2 Å². The van der Waals surface area contributed by atoms with Gasteiger partial charge in [0.2, 0.25) is 0 Å². The molecule has 6 heteroatoms. The number of aliphatic hydroxyl groups is 1. The monoisotopic (exact) mass is 512 g/mol. The first-order valence-corrected chi connectivity index (χ1v) is 13.3. The zero-order valence-electron chi connectivity index (χ0n) is 22.3. The number of aryl methyl sites for hydroxylation is 2. The van der Waals surface area contributed by atoms with Gasteiger partial charge < -0.3 is 18.8 Å². The lowest BCUT2D eigenvalue weighted by molar-refractivity contribution is 0.0548. The quantitative estimate of drug-likeness (QED) is 0.266. The van der Waals surface area contributed by atoms with Crippen LogP contribution in [0.5, 0.6) is 0 Å². The Morgan fingerprint density at radius 3 is 2.50 bits per heavy atom. The van der Waals surface area contributed by atoms with Gasteiger partial charge in [0.1, 0.15) is 11.6 Å². The Balaban J connectivity index is 1.71. The Bertz CT molecular complexity index is 1620. The van der Waals surface area contributed by atoms with Crippen molar-refractivity contribution >= 4 is 21.9 Å². The fourth-order valence-corrected chi connectivity index (χ4v) is 6.08. The Morgan fingerprint density at radius 2 is 1.82 bits per heavy atom. The summed E-state index contributed by atoms with van der Waals surface area (Å²) in [6.07, 6.45) is 5.33. The molecule has 5 nitrogen and oxygen atoms in total. The number of nitrogens with zero attached hydrogens (tertiary/aromatic N) is 2. The van der Waals surface area contributed by atoms with Crippen LogP contribution in [0, 0.1) is 25.6 Å². The second-order valence-electron chi connectivity index (χ2n) is 11.0. The number of fused-ring (bicyclic) bond motifs is 3. The van der Waals surface area contributed by atoms with Crippen molar-refractivity contribution in [1.29, 1.82) is 0 Å². The van der Waals surface area contributed by atoms with Gasteiger partial charge in [0.15, 0.2) is 0 Å². The van der Waals surface area contributed by atoms with Gasteiger partial charge in [-0.3, -0.25) is 4.98 Å². The molecule has 5 aromatic rings. The van der Waals surface area contributed by atoms with Crippen LogP contribution in [-0.2, 0) is 10.3 Å². The fourth-order valence-electron chi connectivity index (χ4n) is 6.08. The molecule has 0 saturated carbocycles. The number of hydrogen-bond acceptors (Lipinski definition) is 4. The van der Waals surface area contributed by atoms with Gasteiger partial charge >= 0.3 is 0 Å². The second-order valence-corrected chi connectivity index (χ2v) is 11.0. The predicted molar refractivity (Wildman–Crippen MR) is 148 cm³/mol. The van der Waals surface area contributed by atoms with Crippen molar-refractivity contribution in [3.05, 3.63) is 89.3 Å². The third kappa shape index (κ3) is 4.12. The van der Waals surface area contributed by atoms with Crippen LogP contribution in [0.3, 0.4) is 0 Å². The average Bonchev–Trinajstić information content (AvgIpc) is 3.41. The van der Waals surface area contributed by atoms with E-state index in [2.05, 4.69) is 10.6 Å². The molecule has 38 heavy (non-hydrogen) atoms. The predicted octanol–water partition coefficient (Wildman–Crippen LogP) is 7.45. The van der Waals surface area contributed by atoms with E-state index >= 15 is 4.39 Å². The van der Waals surface area contributed by atoms with E-state index in [1.807, 2.05) is 50.4 Å². The van der Waals surface area contributed by atoms with Crippen molar-refractivity contribution < 1.29 is 18.7 Å². The first kappa shape index (κ1) is 24.8. The van der Waals surface area contributed by atoms with Crippen LogP contribution in [-0.4, -0.2) is 27.9 Å². The van der Waals surface area contributed by atoms with E-state index in [9.17, 15) is 5.11 Å². The summed E-state index contributed by atoms with van der Waals surface area (Å²) in [5.74, 6) is 0.792. The third-order valence-electron chi connectivity index (χ3n) is 8.01. The molecule has 0 radical (unpaired) electrons. The summed E-state index contributed by atoms with van der Waals surface area (Å²) in [6, 6.07) is 15.0. The van der Waals surface area contributed by atoms with Crippen LogP contribution in [0.1, 0.15) is 55.2 Å². The first-order valence-electron chi connectivity index (χ1n) is 13.3. The highest BCUT2D eigenvalue weighted by Gasteiger charge is 2.32. The molecule has 1 N–H and O–H groups in total. The number of hydrogen-bond donors (Lipinski definition) is 1. The van der Waals surface area contributed by atoms with E-state index in [0.29, 0.717) is 18.8 Å².